The second-order valence-corrected chi connectivity index (χ2v) is 13.1. The lowest BCUT2D eigenvalue weighted by Crippen LogP contribution is -2.38. The molecule has 0 amide bonds. The maximum absolute atomic E-state index is 5.64. The summed E-state index contributed by atoms with van der Waals surface area (Å²) in [7, 11) is -0.931. The summed E-state index contributed by atoms with van der Waals surface area (Å²) in [5.41, 5.74) is 4.33. The highest BCUT2D eigenvalue weighted by Gasteiger charge is 2.28. The third kappa shape index (κ3) is 5.64. The highest BCUT2D eigenvalue weighted by Crippen LogP contribution is 2.47. The van der Waals surface area contributed by atoms with Crippen LogP contribution in [0, 0.1) is 24.7 Å². The zero-order valence-electron chi connectivity index (χ0n) is 20.2. The zero-order valence-corrected chi connectivity index (χ0v) is 22.0. The molecule has 4 aromatic carbocycles. The second-order valence-electron chi connectivity index (χ2n) is 8.78. The van der Waals surface area contributed by atoms with Crippen molar-refractivity contribution in [1.29, 1.82) is 0 Å². The minimum Gasteiger partial charge on any atom is -0.363 e. The van der Waals surface area contributed by atoms with Crippen LogP contribution in [0.4, 0.5) is 11.4 Å². The molecule has 0 aromatic heterocycles. The Morgan fingerprint density at radius 3 is 1.11 bits per heavy atom. The number of nitrogens with zero attached hydrogens (tertiary/aromatic N) is 2. The van der Waals surface area contributed by atoms with Gasteiger partial charge in [-0.2, -0.15) is 0 Å². The Bertz CT molecular complexity index is 1230. The Hall–Kier alpha value is -3.54. The van der Waals surface area contributed by atoms with Gasteiger partial charge in [-0.05, 0) is 75.0 Å². The fourth-order valence-corrected chi connectivity index (χ4v) is 9.51. The summed E-state index contributed by atoms with van der Waals surface area (Å²) in [6.07, 6.45) is 15.3. The predicted octanol–water partition coefficient (Wildman–Crippen LogP) is 6.42. The summed E-state index contributed by atoms with van der Waals surface area (Å²) >= 11 is 0. The molecule has 36 heavy (non-hydrogen) atoms. The lowest BCUT2D eigenvalue weighted by molar-refractivity contribution is 0.984. The topological polar surface area (TPSA) is 6.48 Å². The minimum absolute atomic E-state index is 0.465. The Kier molecular flexibility index (Phi) is 7.70. The molecule has 1 saturated heterocycles. The van der Waals surface area contributed by atoms with E-state index >= 15 is 0 Å². The van der Waals surface area contributed by atoms with Gasteiger partial charge in [0, 0.05) is 47.6 Å². The second kappa shape index (κ2) is 11.5. The molecule has 1 aliphatic heterocycles. The molecule has 0 spiro atoms. The molecule has 0 bridgehead atoms. The van der Waals surface area contributed by atoms with Crippen LogP contribution in [0.15, 0.2) is 109 Å². The van der Waals surface area contributed by atoms with Gasteiger partial charge < -0.3 is 9.80 Å². The molecule has 0 atom stereocenters. The molecule has 2 nitrogen and oxygen atoms in total. The lowest BCUT2D eigenvalue weighted by atomic mass is 10.2. The molecule has 5 rings (SSSR count). The summed E-state index contributed by atoms with van der Waals surface area (Å²) in [6, 6.07) is 38.9. The van der Waals surface area contributed by atoms with E-state index in [4.69, 9.17) is 12.8 Å². The van der Waals surface area contributed by atoms with Gasteiger partial charge in [0.05, 0.1) is 0 Å². The van der Waals surface area contributed by atoms with Crippen LogP contribution in [-0.4, -0.2) is 25.1 Å². The zero-order chi connectivity index (χ0) is 24.7. The van der Waals surface area contributed by atoms with Crippen molar-refractivity contribution in [3.05, 3.63) is 120 Å². The van der Waals surface area contributed by atoms with Gasteiger partial charge in [-0.25, -0.2) is 0 Å². The van der Waals surface area contributed by atoms with E-state index < -0.39 is 15.8 Å². The van der Waals surface area contributed by atoms with Gasteiger partial charge >= 0.3 is 0 Å². The molecule has 1 heterocycles. The number of hydrogen-bond donors (Lipinski definition) is 0. The number of terminal acetylenes is 2. The Labute approximate surface area is 217 Å². The molecular weight excluding hydrogens is 474 g/mol. The summed E-state index contributed by atoms with van der Waals surface area (Å²) in [4.78, 5) is 5.19. The molecule has 0 saturated carbocycles. The van der Waals surface area contributed by atoms with E-state index in [1.807, 2.05) is 0 Å². The molecule has 0 N–H and O–H groups in total. The standard InChI is InChI=1S/C32H28N2P2/c1-3-27-15-19-29(20-16-27)33-23-35(31-11-7-5-8-12-31)25-34(30-21-17-28(4-2)18-22-30)26-36(24-33)32-13-9-6-10-14-32/h1-2,5-22H,23-26H2. The molecule has 4 heteroatoms. The van der Waals surface area contributed by atoms with Crippen molar-refractivity contribution in [2.24, 2.45) is 0 Å². The van der Waals surface area contributed by atoms with Gasteiger partial charge in [-0.3, -0.25) is 0 Å². The van der Waals surface area contributed by atoms with Crippen molar-refractivity contribution in [1.82, 2.24) is 0 Å². The van der Waals surface area contributed by atoms with Gasteiger partial charge in [0.2, 0.25) is 0 Å². The quantitative estimate of drug-likeness (QED) is 0.235. The largest absolute Gasteiger partial charge is 0.363 e. The van der Waals surface area contributed by atoms with E-state index in [1.54, 1.807) is 0 Å². The van der Waals surface area contributed by atoms with Crippen molar-refractivity contribution in [3.8, 4) is 24.7 Å². The first-order chi connectivity index (χ1) is 17.7. The SMILES string of the molecule is C#Cc1ccc(N2CP(c3ccccc3)CN(c3ccc(C#C)cc3)CP(c3ccccc3)C2)cc1. The summed E-state index contributed by atoms with van der Waals surface area (Å²) in [5, 5.41) is 2.85. The summed E-state index contributed by atoms with van der Waals surface area (Å²) < 4.78 is 0. The van der Waals surface area contributed by atoms with Gasteiger partial charge in [0.15, 0.2) is 0 Å². The van der Waals surface area contributed by atoms with Crippen molar-refractivity contribution in [2.45, 2.75) is 0 Å². The predicted molar refractivity (Wildman–Crippen MR) is 159 cm³/mol. The Balaban J connectivity index is 1.55. The highest BCUT2D eigenvalue weighted by atomic mass is 31.1. The number of benzene rings is 4. The van der Waals surface area contributed by atoms with E-state index in [0.717, 1.165) is 36.3 Å². The van der Waals surface area contributed by atoms with E-state index in [-0.39, 0.29) is 0 Å². The van der Waals surface area contributed by atoms with E-state index in [1.165, 1.54) is 22.0 Å². The minimum atomic E-state index is -0.465. The van der Waals surface area contributed by atoms with Crippen LogP contribution in [0.3, 0.4) is 0 Å². The molecule has 4 aromatic rings. The molecule has 0 unspecified atom stereocenters. The van der Waals surface area contributed by atoms with E-state index in [2.05, 4.69) is 131 Å². The molecular formula is C32H28N2P2. The van der Waals surface area contributed by atoms with Gasteiger partial charge in [0.25, 0.3) is 0 Å². The molecule has 176 valence electrons. The van der Waals surface area contributed by atoms with E-state index in [0.29, 0.717) is 0 Å². The Morgan fingerprint density at radius 1 is 0.472 bits per heavy atom. The fourth-order valence-electron chi connectivity index (χ4n) is 4.47. The maximum atomic E-state index is 5.64. The smallest absolute Gasteiger partial charge is 0.0438 e. The highest BCUT2D eigenvalue weighted by molar-refractivity contribution is 7.67. The number of hydrogen-bond acceptors (Lipinski definition) is 2. The fraction of sp³-hybridized carbons (Fsp3) is 0.125. The Morgan fingerprint density at radius 2 is 0.806 bits per heavy atom. The first-order valence-corrected chi connectivity index (χ1v) is 15.4. The first kappa shape index (κ1) is 24.2. The van der Waals surface area contributed by atoms with Crippen LogP contribution in [-0.2, 0) is 0 Å². The van der Waals surface area contributed by atoms with Crippen molar-refractivity contribution in [3.63, 3.8) is 0 Å². The van der Waals surface area contributed by atoms with Crippen molar-refractivity contribution < 1.29 is 0 Å². The number of anilines is 2. The third-order valence-corrected chi connectivity index (χ3v) is 11.2. The van der Waals surface area contributed by atoms with Gasteiger partial charge in [-0.1, -0.05) is 72.5 Å². The summed E-state index contributed by atoms with van der Waals surface area (Å²) in [5.74, 6) is 5.50. The lowest BCUT2D eigenvalue weighted by Gasteiger charge is -2.41. The van der Waals surface area contributed by atoms with Crippen LogP contribution in [0.5, 0.6) is 0 Å². The van der Waals surface area contributed by atoms with Crippen molar-refractivity contribution in [2.75, 3.05) is 34.9 Å². The monoisotopic (exact) mass is 502 g/mol. The molecule has 0 aliphatic carbocycles. The van der Waals surface area contributed by atoms with Crippen LogP contribution in [0.25, 0.3) is 0 Å². The van der Waals surface area contributed by atoms with Crippen molar-refractivity contribution >= 4 is 37.8 Å². The third-order valence-electron chi connectivity index (χ3n) is 6.41. The van der Waals surface area contributed by atoms with Crippen LogP contribution in [0.2, 0.25) is 0 Å². The average molecular weight is 503 g/mol. The molecule has 0 radical (unpaired) electrons. The maximum Gasteiger partial charge on any atom is 0.0438 e. The van der Waals surface area contributed by atoms with E-state index in [9.17, 15) is 0 Å². The van der Waals surface area contributed by atoms with Gasteiger partial charge in [0.1, 0.15) is 0 Å². The summed E-state index contributed by atoms with van der Waals surface area (Å²) in [6.45, 7) is 0. The normalized spacial score (nSPS) is 17.9. The van der Waals surface area contributed by atoms with Crippen LogP contribution < -0.4 is 20.4 Å². The average Bonchev–Trinajstić information content (AvgIpc) is 2.94. The van der Waals surface area contributed by atoms with Crippen LogP contribution in [0.1, 0.15) is 11.1 Å². The molecule has 1 fully saturated rings. The van der Waals surface area contributed by atoms with Gasteiger partial charge in [-0.15, -0.1) is 12.8 Å². The molecule has 1 aliphatic rings. The number of rotatable bonds is 4. The first-order valence-electron chi connectivity index (χ1n) is 12.0. The van der Waals surface area contributed by atoms with Crippen LogP contribution >= 0.6 is 15.8 Å².